The lowest BCUT2D eigenvalue weighted by molar-refractivity contribution is 0.827. The van der Waals surface area contributed by atoms with E-state index in [0.717, 1.165) is 40.7 Å². The van der Waals surface area contributed by atoms with Crippen LogP contribution in [-0.2, 0) is 6.54 Å². The highest BCUT2D eigenvalue weighted by Crippen LogP contribution is 2.41. The molecule has 0 saturated carbocycles. The van der Waals surface area contributed by atoms with Crippen molar-refractivity contribution >= 4 is 55.9 Å². The summed E-state index contributed by atoms with van der Waals surface area (Å²) < 4.78 is 2.45. The Hall–Kier alpha value is -5.28. The van der Waals surface area contributed by atoms with Gasteiger partial charge >= 0.3 is 0 Å². The highest BCUT2D eigenvalue weighted by atomic mass is 15.2. The quantitative estimate of drug-likeness (QED) is 0.193. The van der Waals surface area contributed by atoms with Gasteiger partial charge in [0.05, 0.1) is 11.0 Å². The summed E-state index contributed by atoms with van der Waals surface area (Å²) in [5, 5.41) is 2.54. The molecule has 0 amide bonds. The number of hydrogen-bond acceptors (Lipinski definition) is 2. The van der Waals surface area contributed by atoms with Crippen molar-refractivity contribution in [1.82, 2.24) is 4.57 Å². The fraction of sp³-hybridized carbons (Fsp3) is 0.100. The average Bonchev–Trinajstić information content (AvgIpc) is 3.35. The molecule has 0 N–H and O–H groups in total. The lowest BCUT2D eigenvalue weighted by Crippen LogP contribution is -2.10. The molecule has 0 unspecified atom stereocenters. The molecule has 0 aliphatic heterocycles. The predicted molar refractivity (Wildman–Crippen MR) is 184 cm³/mol. The van der Waals surface area contributed by atoms with Crippen LogP contribution in [0.4, 0.5) is 34.1 Å². The summed E-state index contributed by atoms with van der Waals surface area (Å²) in [6.07, 6.45) is 0. The number of para-hydroxylation sites is 2. The topological polar surface area (TPSA) is 11.4 Å². The van der Waals surface area contributed by atoms with Crippen LogP contribution in [0.5, 0.6) is 0 Å². The Morgan fingerprint density at radius 2 is 0.814 bits per heavy atom. The zero-order valence-electron chi connectivity index (χ0n) is 24.9. The molecule has 0 spiro atoms. The zero-order chi connectivity index (χ0) is 29.3. The van der Waals surface area contributed by atoms with Crippen molar-refractivity contribution in [3.8, 4) is 0 Å². The highest BCUT2D eigenvalue weighted by molar-refractivity contribution is 6.10. The number of anilines is 6. The molecule has 3 heteroatoms. The van der Waals surface area contributed by atoms with Gasteiger partial charge in [0.1, 0.15) is 0 Å². The van der Waals surface area contributed by atoms with Gasteiger partial charge < -0.3 is 14.4 Å². The van der Waals surface area contributed by atoms with E-state index in [2.05, 4.69) is 181 Å². The van der Waals surface area contributed by atoms with E-state index in [1.54, 1.807) is 0 Å². The summed E-state index contributed by atoms with van der Waals surface area (Å²) >= 11 is 0. The minimum Gasteiger partial charge on any atom is -0.341 e. The highest BCUT2D eigenvalue weighted by Gasteiger charge is 2.19. The van der Waals surface area contributed by atoms with E-state index in [-0.39, 0.29) is 0 Å². The lowest BCUT2D eigenvalue weighted by atomic mass is 10.1. The van der Waals surface area contributed by atoms with Crippen molar-refractivity contribution < 1.29 is 0 Å². The first-order valence-electron chi connectivity index (χ1n) is 15.0. The molecule has 0 atom stereocenters. The summed E-state index contributed by atoms with van der Waals surface area (Å²) in [4.78, 5) is 4.70. The number of rotatable bonds is 7. The van der Waals surface area contributed by atoms with Crippen molar-refractivity contribution in [2.75, 3.05) is 9.80 Å². The summed E-state index contributed by atoms with van der Waals surface area (Å²) in [5.74, 6) is 0. The number of fused-ring (bicyclic) bond motifs is 3. The molecule has 0 aliphatic rings. The molecular formula is C40H35N3. The van der Waals surface area contributed by atoms with Crippen molar-refractivity contribution in [3.63, 3.8) is 0 Å². The van der Waals surface area contributed by atoms with Crippen molar-refractivity contribution in [2.45, 2.75) is 27.3 Å². The molecule has 1 aromatic heterocycles. The van der Waals surface area contributed by atoms with Crippen LogP contribution >= 0.6 is 0 Å². The minimum atomic E-state index is 0.873. The molecule has 6 aromatic carbocycles. The molecular weight excluding hydrogens is 522 g/mol. The zero-order valence-corrected chi connectivity index (χ0v) is 24.9. The van der Waals surface area contributed by atoms with Gasteiger partial charge in [-0.05, 0) is 105 Å². The Morgan fingerprint density at radius 1 is 0.419 bits per heavy atom. The monoisotopic (exact) mass is 557 g/mol. The Bertz CT molecular complexity index is 1890. The molecule has 3 nitrogen and oxygen atoms in total. The Labute approximate surface area is 253 Å². The molecule has 1 heterocycles. The van der Waals surface area contributed by atoms with Crippen LogP contribution in [-0.4, -0.2) is 4.57 Å². The first-order chi connectivity index (χ1) is 21.1. The number of aromatic nitrogens is 1. The molecule has 43 heavy (non-hydrogen) atoms. The fourth-order valence-electron chi connectivity index (χ4n) is 6.27. The first kappa shape index (κ1) is 26.6. The van der Waals surface area contributed by atoms with Crippen LogP contribution in [0.25, 0.3) is 21.8 Å². The maximum absolute atomic E-state index is 2.45. The normalized spacial score (nSPS) is 11.2. The molecule has 0 fully saturated rings. The lowest BCUT2D eigenvalue weighted by Gasteiger charge is -2.26. The van der Waals surface area contributed by atoms with Gasteiger partial charge in [-0.25, -0.2) is 0 Å². The van der Waals surface area contributed by atoms with Gasteiger partial charge in [-0.1, -0.05) is 72.8 Å². The number of hydrogen-bond donors (Lipinski definition) is 0. The molecule has 210 valence electrons. The molecule has 0 radical (unpaired) electrons. The standard InChI is InChI=1S/C40H35N3/c1-4-41-39-27-35(42(31-15-7-5-8-16-31)33-19-11-13-29(2)25-33)21-23-37(39)38-24-22-36(28-40(38)41)43(32-17-9-6-10-18-32)34-20-12-14-30(3)26-34/h5-28H,4H2,1-3H3. The third kappa shape index (κ3) is 4.93. The Balaban J connectivity index is 1.41. The van der Waals surface area contributed by atoms with Gasteiger partial charge in [-0.3, -0.25) is 0 Å². The van der Waals surface area contributed by atoms with E-state index in [1.807, 2.05) is 0 Å². The van der Waals surface area contributed by atoms with Crippen molar-refractivity contribution in [2.24, 2.45) is 0 Å². The molecule has 7 aromatic rings. The van der Waals surface area contributed by atoms with Gasteiger partial charge in [0, 0.05) is 51.4 Å². The van der Waals surface area contributed by atoms with E-state index in [0.29, 0.717) is 0 Å². The maximum Gasteiger partial charge on any atom is 0.0512 e. The smallest absolute Gasteiger partial charge is 0.0512 e. The van der Waals surface area contributed by atoms with E-state index < -0.39 is 0 Å². The fourth-order valence-corrected chi connectivity index (χ4v) is 6.27. The van der Waals surface area contributed by atoms with Gasteiger partial charge in [-0.15, -0.1) is 0 Å². The van der Waals surface area contributed by atoms with E-state index in [1.165, 1.54) is 32.9 Å². The van der Waals surface area contributed by atoms with Gasteiger partial charge in [0.2, 0.25) is 0 Å². The summed E-state index contributed by atoms with van der Waals surface area (Å²) in [5.41, 5.74) is 11.9. The average molecular weight is 558 g/mol. The van der Waals surface area contributed by atoms with Crippen LogP contribution < -0.4 is 9.80 Å². The molecule has 0 aliphatic carbocycles. The second-order valence-corrected chi connectivity index (χ2v) is 11.2. The second kappa shape index (κ2) is 11.2. The van der Waals surface area contributed by atoms with Crippen LogP contribution in [0.15, 0.2) is 146 Å². The summed E-state index contributed by atoms with van der Waals surface area (Å²) in [6, 6.07) is 52.5. The summed E-state index contributed by atoms with van der Waals surface area (Å²) in [6.45, 7) is 7.41. The van der Waals surface area contributed by atoms with E-state index in [9.17, 15) is 0 Å². The summed E-state index contributed by atoms with van der Waals surface area (Å²) in [7, 11) is 0. The maximum atomic E-state index is 2.45. The van der Waals surface area contributed by atoms with Gasteiger partial charge in [0.25, 0.3) is 0 Å². The Morgan fingerprint density at radius 3 is 1.21 bits per heavy atom. The number of aryl methyl sites for hydroxylation is 3. The van der Waals surface area contributed by atoms with Crippen molar-refractivity contribution in [1.29, 1.82) is 0 Å². The number of benzene rings is 6. The number of nitrogens with zero attached hydrogens (tertiary/aromatic N) is 3. The SMILES string of the molecule is CCn1c2cc(N(c3ccccc3)c3cccc(C)c3)ccc2c2ccc(N(c3ccccc3)c3cccc(C)c3)cc21. The van der Waals surface area contributed by atoms with Crippen LogP contribution in [0.3, 0.4) is 0 Å². The van der Waals surface area contributed by atoms with Crippen molar-refractivity contribution in [3.05, 3.63) is 157 Å². The largest absolute Gasteiger partial charge is 0.341 e. The van der Waals surface area contributed by atoms with Crippen LogP contribution in [0, 0.1) is 13.8 Å². The van der Waals surface area contributed by atoms with E-state index in [4.69, 9.17) is 0 Å². The van der Waals surface area contributed by atoms with Crippen LogP contribution in [0.2, 0.25) is 0 Å². The van der Waals surface area contributed by atoms with Gasteiger partial charge in [-0.2, -0.15) is 0 Å². The van der Waals surface area contributed by atoms with E-state index >= 15 is 0 Å². The predicted octanol–water partition coefficient (Wildman–Crippen LogP) is 11.4. The Kier molecular flexibility index (Phi) is 6.92. The third-order valence-electron chi connectivity index (χ3n) is 8.22. The van der Waals surface area contributed by atoms with Crippen LogP contribution in [0.1, 0.15) is 18.1 Å². The second-order valence-electron chi connectivity index (χ2n) is 11.2. The third-order valence-corrected chi connectivity index (χ3v) is 8.22. The van der Waals surface area contributed by atoms with Gasteiger partial charge in [0.15, 0.2) is 0 Å². The molecule has 0 saturated heterocycles. The molecule has 0 bridgehead atoms. The molecule has 7 rings (SSSR count). The first-order valence-corrected chi connectivity index (χ1v) is 15.0. The minimum absolute atomic E-state index is 0.873.